The maximum absolute atomic E-state index is 12.6. The monoisotopic (exact) mass is 402 g/mol. The summed E-state index contributed by atoms with van der Waals surface area (Å²) >= 11 is 1.38. The lowest BCUT2D eigenvalue weighted by Gasteiger charge is -2.03. The molecule has 0 unspecified atom stereocenters. The van der Waals surface area contributed by atoms with Gasteiger partial charge in [-0.1, -0.05) is 60.7 Å². The molecule has 146 valence electrons. The molecule has 0 saturated heterocycles. The Hall–Kier alpha value is -3.25. The van der Waals surface area contributed by atoms with Crippen LogP contribution in [0.5, 0.6) is 0 Å². The molecule has 5 nitrogen and oxygen atoms in total. The number of carbonyl (C=O) groups excluding carboxylic acids is 1. The average Bonchev–Trinajstić information content (AvgIpc) is 3.39. The van der Waals surface area contributed by atoms with Crippen LogP contribution in [-0.4, -0.2) is 20.7 Å². The molecule has 0 atom stereocenters. The van der Waals surface area contributed by atoms with Crippen molar-refractivity contribution >= 4 is 17.2 Å². The highest BCUT2D eigenvalue weighted by molar-refractivity contribution is 7.17. The van der Waals surface area contributed by atoms with Crippen LogP contribution >= 0.6 is 11.3 Å². The van der Waals surface area contributed by atoms with Crippen molar-refractivity contribution in [3.63, 3.8) is 0 Å². The van der Waals surface area contributed by atoms with Crippen LogP contribution in [0.3, 0.4) is 0 Å². The number of benzene rings is 2. The summed E-state index contributed by atoms with van der Waals surface area (Å²) in [5, 5.41) is 8.38. The van der Waals surface area contributed by atoms with Crippen molar-refractivity contribution in [1.29, 1.82) is 0 Å². The molecule has 0 spiro atoms. The van der Waals surface area contributed by atoms with E-state index in [0.717, 1.165) is 34.9 Å². The lowest BCUT2D eigenvalue weighted by molar-refractivity contribution is 0.0954. The first-order valence-electron chi connectivity index (χ1n) is 9.56. The van der Waals surface area contributed by atoms with Crippen LogP contribution in [0.25, 0.3) is 10.7 Å². The van der Waals surface area contributed by atoms with Gasteiger partial charge in [-0.3, -0.25) is 9.48 Å². The van der Waals surface area contributed by atoms with E-state index in [-0.39, 0.29) is 5.91 Å². The third-order valence-corrected chi connectivity index (χ3v) is 5.81. The second-order valence-electron chi connectivity index (χ2n) is 6.80. The molecule has 6 heteroatoms. The van der Waals surface area contributed by atoms with Gasteiger partial charge >= 0.3 is 0 Å². The van der Waals surface area contributed by atoms with E-state index in [9.17, 15) is 4.79 Å². The lowest BCUT2D eigenvalue weighted by Crippen LogP contribution is -2.22. The van der Waals surface area contributed by atoms with E-state index in [1.165, 1.54) is 16.9 Å². The van der Waals surface area contributed by atoms with Crippen molar-refractivity contribution in [3.05, 3.63) is 94.6 Å². The van der Waals surface area contributed by atoms with Gasteiger partial charge in [0.1, 0.15) is 15.6 Å². The molecule has 2 aromatic carbocycles. The van der Waals surface area contributed by atoms with E-state index in [4.69, 9.17) is 0 Å². The third-order valence-electron chi connectivity index (χ3n) is 4.63. The van der Waals surface area contributed by atoms with Crippen LogP contribution in [0.4, 0.5) is 0 Å². The molecule has 0 saturated carbocycles. The second-order valence-corrected chi connectivity index (χ2v) is 7.80. The molecule has 29 heavy (non-hydrogen) atoms. The van der Waals surface area contributed by atoms with E-state index in [2.05, 4.69) is 27.5 Å². The number of nitrogens with one attached hydrogen (secondary N) is 1. The molecular formula is C23H22N4OS. The van der Waals surface area contributed by atoms with Crippen LogP contribution in [-0.2, 0) is 19.5 Å². The molecule has 1 N–H and O–H groups in total. The fraction of sp³-hybridized carbons (Fsp3) is 0.174. The van der Waals surface area contributed by atoms with Crippen LogP contribution in [0.2, 0.25) is 0 Å². The highest BCUT2D eigenvalue weighted by Crippen LogP contribution is 2.26. The van der Waals surface area contributed by atoms with Gasteiger partial charge in [-0.25, -0.2) is 4.98 Å². The Bertz CT molecular complexity index is 1090. The topological polar surface area (TPSA) is 59.8 Å². The number of carbonyl (C=O) groups is 1. The summed E-state index contributed by atoms with van der Waals surface area (Å²) in [4.78, 5) is 17.8. The van der Waals surface area contributed by atoms with Crippen molar-refractivity contribution in [2.24, 2.45) is 0 Å². The molecule has 0 aliphatic heterocycles. The zero-order valence-corrected chi connectivity index (χ0v) is 17.0. The standard InChI is InChI=1S/C23H22N4OS/c1-17-21(22(28)24-16-19-10-6-3-7-11-19)29-23(25-17)20-13-15-27(26-20)14-12-18-8-4-2-5-9-18/h2-11,13,15H,12,14,16H2,1H3,(H,24,28). The highest BCUT2D eigenvalue weighted by Gasteiger charge is 2.17. The van der Waals surface area contributed by atoms with Gasteiger partial charge in [0.05, 0.1) is 5.69 Å². The third kappa shape index (κ3) is 4.78. The maximum atomic E-state index is 12.6. The smallest absolute Gasteiger partial charge is 0.263 e. The number of hydrogen-bond donors (Lipinski definition) is 1. The summed E-state index contributed by atoms with van der Waals surface area (Å²) in [7, 11) is 0. The van der Waals surface area contributed by atoms with Crippen LogP contribution in [0.1, 0.15) is 26.5 Å². The van der Waals surface area contributed by atoms with Gasteiger partial charge < -0.3 is 5.32 Å². The minimum absolute atomic E-state index is 0.0985. The first-order valence-corrected chi connectivity index (χ1v) is 10.4. The van der Waals surface area contributed by atoms with Gasteiger partial charge in [0.2, 0.25) is 0 Å². The number of rotatable bonds is 7. The molecule has 2 aromatic heterocycles. The van der Waals surface area contributed by atoms with Crippen molar-refractivity contribution < 1.29 is 4.79 Å². The second kappa shape index (κ2) is 8.84. The van der Waals surface area contributed by atoms with Gasteiger partial charge in [0, 0.05) is 19.3 Å². The highest BCUT2D eigenvalue weighted by atomic mass is 32.1. The number of nitrogens with zero attached hydrogens (tertiary/aromatic N) is 3. The van der Waals surface area contributed by atoms with Gasteiger partial charge in [-0.2, -0.15) is 5.10 Å². The summed E-state index contributed by atoms with van der Waals surface area (Å²) in [6.07, 6.45) is 2.89. The Kier molecular flexibility index (Phi) is 5.81. The largest absolute Gasteiger partial charge is 0.347 e. The van der Waals surface area contributed by atoms with Crippen molar-refractivity contribution in [2.75, 3.05) is 0 Å². The van der Waals surface area contributed by atoms with Crippen molar-refractivity contribution in [3.8, 4) is 10.7 Å². The Morgan fingerprint density at radius 3 is 2.41 bits per heavy atom. The summed E-state index contributed by atoms with van der Waals surface area (Å²) < 4.78 is 1.92. The molecule has 4 aromatic rings. The number of aromatic nitrogens is 3. The average molecular weight is 403 g/mol. The summed E-state index contributed by atoms with van der Waals surface area (Å²) in [6, 6.07) is 22.2. The normalized spacial score (nSPS) is 10.8. The minimum atomic E-state index is -0.0985. The minimum Gasteiger partial charge on any atom is -0.347 e. The quantitative estimate of drug-likeness (QED) is 0.496. The van der Waals surface area contributed by atoms with Crippen molar-refractivity contribution in [1.82, 2.24) is 20.1 Å². The molecule has 2 heterocycles. The summed E-state index contributed by atoms with van der Waals surface area (Å²) in [5.41, 5.74) is 3.88. The SMILES string of the molecule is Cc1nc(-c2ccn(CCc3ccccc3)n2)sc1C(=O)NCc1ccccc1. The molecule has 0 aliphatic rings. The first kappa shape index (κ1) is 19.1. The number of hydrogen-bond acceptors (Lipinski definition) is 4. The van der Waals surface area contributed by atoms with E-state index >= 15 is 0 Å². The van der Waals surface area contributed by atoms with Crippen molar-refractivity contribution in [2.45, 2.75) is 26.4 Å². The summed E-state index contributed by atoms with van der Waals surface area (Å²) in [6.45, 7) is 3.17. The fourth-order valence-electron chi connectivity index (χ4n) is 3.06. The number of thiazole rings is 1. The van der Waals surface area contributed by atoms with E-state index < -0.39 is 0 Å². The number of amides is 1. The van der Waals surface area contributed by atoms with E-state index in [1.54, 1.807) is 0 Å². The molecule has 0 fully saturated rings. The zero-order chi connectivity index (χ0) is 20.1. The van der Waals surface area contributed by atoms with Crippen LogP contribution < -0.4 is 5.32 Å². The zero-order valence-electron chi connectivity index (χ0n) is 16.2. The molecule has 0 radical (unpaired) electrons. The molecule has 1 amide bonds. The predicted octanol–water partition coefficient (Wildman–Crippen LogP) is 4.49. The Balaban J connectivity index is 1.41. The maximum Gasteiger partial charge on any atom is 0.263 e. The molecule has 0 bridgehead atoms. The molecule has 4 rings (SSSR count). The van der Waals surface area contributed by atoms with E-state index in [1.807, 2.05) is 72.4 Å². The van der Waals surface area contributed by atoms with Crippen LogP contribution in [0.15, 0.2) is 72.9 Å². The Labute approximate surface area is 174 Å². The number of aryl methyl sites for hydroxylation is 3. The predicted molar refractivity (Wildman–Crippen MR) is 116 cm³/mol. The van der Waals surface area contributed by atoms with Gasteiger partial charge in [0.25, 0.3) is 5.91 Å². The molecule has 0 aliphatic carbocycles. The Morgan fingerprint density at radius 1 is 1.00 bits per heavy atom. The summed E-state index contributed by atoms with van der Waals surface area (Å²) in [5.74, 6) is -0.0985. The van der Waals surface area contributed by atoms with Gasteiger partial charge in [0.15, 0.2) is 0 Å². The van der Waals surface area contributed by atoms with Crippen LogP contribution in [0, 0.1) is 6.92 Å². The van der Waals surface area contributed by atoms with Gasteiger partial charge in [-0.05, 0) is 30.5 Å². The first-order chi connectivity index (χ1) is 14.2. The fourth-order valence-corrected chi connectivity index (χ4v) is 4.01. The van der Waals surface area contributed by atoms with Gasteiger partial charge in [-0.15, -0.1) is 11.3 Å². The molecular weight excluding hydrogens is 380 g/mol. The Morgan fingerprint density at radius 2 is 1.69 bits per heavy atom. The van der Waals surface area contributed by atoms with E-state index in [0.29, 0.717) is 11.4 Å². The lowest BCUT2D eigenvalue weighted by atomic mass is 10.2.